The maximum atomic E-state index is 8.92. The lowest BCUT2D eigenvalue weighted by Gasteiger charge is -2.03. The summed E-state index contributed by atoms with van der Waals surface area (Å²) in [6, 6.07) is 22.2. The molecule has 0 aliphatic rings. The average Bonchev–Trinajstić information content (AvgIpc) is 2.89. The first-order valence-corrected chi connectivity index (χ1v) is 6.32. The Kier molecular flexibility index (Phi) is 2.98. The van der Waals surface area contributed by atoms with E-state index in [-0.39, 0.29) is 0 Å². The average molecular weight is 259 g/mol. The van der Waals surface area contributed by atoms with Crippen LogP contribution in [0, 0.1) is 11.3 Å². The number of rotatable bonds is 2. The third-order valence-corrected chi connectivity index (χ3v) is 3.27. The minimum Gasteiger partial charge on any atom is -0.384 e. The normalized spacial score (nSPS) is 10.2. The van der Waals surface area contributed by atoms with E-state index in [1.54, 1.807) is 6.07 Å². The molecule has 1 heterocycles. The van der Waals surface area contributed by atoms with Gasteiger partial charge in [0.25, 0.3) is 0 Å². The van der Waals surface area contributed by atoms with Crippen molar-refractivity contribution >= 4 is 5.82 Å². The lowest BCUT2D eigenvalue weighted by molar-refractivity contribution is 1.40. The van der Waals surface area contributed by atoms with Crippen molar-refractivity contribution < 1.29 is 0 Å². The van der Waals surface area contributed by atoms with Gasteiger partial charge in [-0.1, -0.05) is 54.6 Å². The number of nitrogens with zero attached hydrogens (tertiary/aromatic N) is 1. The van der Waals surface area contributed by atoms with Crippen LogP contribution in [0.15, 0.2) is 60.7 Å². The molecule has 2 aromatic carbocycles. The summed E-state index contributed by atoms with van der Waals surface area (Å²) in [4.78, 5) is 3.03. The molecule has 0 aliphatic heterocycles. The Morgan fingerprint density at radius 1 is 0.850 bits per heavy atom. The van der Waals surface area contributed by atoms with Gasteiger partial charge in [-0.15, -0.1) is 0 Å². The number of nitrogen functional groups attached to an aromatic ring is 1. The highest BCUT2D eigenvalue weighted by Gasteiger charge is 2.06. The number of H-pyrrole nitrogens is 1. The van der Waals surface area contributed by atoms with Gasteiger partial charge in [0.05, 0.1) is 5.56 Å². The van der Waals surface area contributed by atoms with Crippen molar-refractivity contribution in [2.45, 2.75) is 0 Å². The molecule has 0 saturated heterocycles. The first-order chi connectivity index (χ1) is 9.78. The molecule has 3 nitrogen and oxygen atoms in total. The Bertz CT molecular complexity index is 762. The summed E-state index contributed by atoms with van der Waals surface area (Å²) in [5.74, 6) is 0.412. The number of nitrogens with two attached hydrogens (primary N) is 1. The van der Waals surface area contributed by atoms with E-state index >= 15 is 0 Å². The maximum Gasteiger partial charge on any atom is 0.119 e. The van der Waals surface area contributed by atoms with Gasteiger partial charge in [0, 0.05) is 5.69 Å². The molecule has 0 aliphatic carbocycles. The third-order valence-electron chi connectivity index (χ3n) is 3.27. The standard InChI is InChI=1S/C17H13N3/c18-11-15-10-16(20-17(15)19)14-8-6-13(7-9-14)12-4-2-1-3-5-12/h1-10,20H,19H2. The van der Waals surface area contributed by atoms with Crippen molar-refractivity contribution in [2.75, 3.05) is 5.73 Å². The summed E-state index contributed by atoms with van der Waals surface area (Å²) in [5.41, 5.74) is 10.4. The van der Waals surface area contributed by atoms with E-state index in [1.807, 2.05) is 30.3 Å². The van der Waals surface area contributed by atoms with Gasteiger partial charge >= 0.3 is 0 Å². The van der Waals surface area contributed by atoms with E-state index < -0.39 is 0 Å². The topological polar surface area (TPSA) is 65.6 Å². The van der Waals surface area contributed by atoms with Crippen LogP contribution in [-0.2, 0) is 0 Å². The highest BCUT2D eigenvalue weighted by Crippen LogP contribution is 2.26. The molecule has 0 bridgehead atoms. The van der Waals surface area contributed by atoms with Crippen LogP contribution in [0.1, 0.15) is 5.56 Å². The third kappa shape index (κ3) is 2.15. The smallest absolute Gasteiger partial charge is 0.119 e. The molecule has 0 saturated carbocycles. The molecule has 96 valence electrons. The zero-order valence-corrected chi connectivity index (χ0v) is 10.8. The molecular weight excluding hydrogens is 246 g/mol. The predicted octanol–water partition coefficient (Wildman–Crippen LogP) is 3.80. The van der Waals surface area contributed by atoms with E-state index in [1.165, 1.54) is 5.56 Å². The Labute approximate surface area is 117 Å². The van der Waals surface area contributed by atoms with Crippen LogP contribution >= 0.6 is 0 Å². The number of aromatic amines is 1. The van der Waals surface area contributed by atoms with Crippen molar-refractivity contribution in [3.05, 3.63) is 66.2 Å². The largest absolute Gasteiger partial charge is 0.384 e. The van der Waals surface area contributed by atoms with E-state index in [4.69, 9.17) is 11.0 Å². The number of hydrogen-bond acceptors (Lipinski definition) is 2. The summed E-state index contributed by atoms with van der Waals surface area (Å²) in [5, 5.41) is 8.92. The molecular formula is C17H13N3. The summed E-state index contributed by atoms with van der Waals surface area (Å²) < 4.78 is 0. The molecule has 0 atom stereocenters. The minimum absolute atomic E-state index is 0.412. The molecule has 1 aromatic heterocycles. The Balaban J connectivity index is 1.95. The zero-order chi connectivity index (χ0) is 13.9. The SMILES string of the molecule is N#Cc1cc(-c2ccc(-c3ccccc3)cc2)[nH]c1N. The highest BCUT2D eigenvalue weighted by atomic mass is 14.9. The van der Waals surface area contributed by atoms with Gasteiger partial charge in [-0.2, -0.15) is 5.26 Å². The summed E-state index contributed by atoms with van der Waals surface area (Å²) in [7, 11) is 0. The van der Waals surface area contributed by atoms with Crippen LogP contribution in [0.25, 0.3) is 22.4 Å². The molecule has 3 rings (SSSR count). The van der Waals surface area contributed by atoms with Gasteiger partial charge in [-0.05, 0) is 22.8 Å². The number of benzene rings is 2. The van der Waals surface area contributed by atoms with Crippen LogP contribution in [0.5, 0.6) is 0 Å². The zero-order valence-electron chi connectivity index (χ0n) is 10.8. The number of aromatic nitrogens is 1. The Morgan fingerprint density at radius 3 is 2.05 bits per heavy atom. The Hall–Kier alpha value is -2.99. The molecule has 0 unspecified atom stereocenters. The van der Waals surface area contributed by atoms with Crippen molar-refractivity contribution in [1.29, 1.82) is 5.26 Å². The van der Waals surface area contributed by atoms with Crippen LogP contribution < -0.4 is 5.73 Å². The summed E-state index contributed by atoms with van der Waals surface area (Å²) >= 11 is 0. The van der Waals surface area contributed by atoms with Crippen molar-refractivity contribution in [2.24, 2.45) is 0 Å². The second-order valence-corrected chi connectivity index (χ2v) is 4.57. The van der Waals surface area contributed by atoms with Crippen molar-refractivity contribution in [3.63, 3.8) is 0 Å². The lowest BCUT2D eigenvalue weighted by Crippen LogP contribution is -1.86. The molecule has 3 heteroatoms. The first kappa shape index (κ1) is 12.1. The van der Waals surface area contributed by atoms with Crippen LogP contribution in [0.4, 0.5) is 5.82 Å². The van der Waals surface area contributed by atoms with Crippen molar-refractivity contribution in [3.8, 4) is 28.5 Å². The van der Waals surface area contributed by atoms with Gasteiger partial charge in [-0.25, -0.2) is 0 Å². The monoisotopic (exact) mass is 259 g/mol. The summed E-state index contributed by atoms with van der Waals surface area (Å²) in [6.45, 7) is 0. The first-order valence-electron chi connectivity index (χ1n) is 6.32. The van der Waals surface area contributed by atoms with Crippen molar-refractivity contribution in [1.82, 2.24) is 4.98 Å². The molecule has 0 spiro atoms. The van der Waals surface area contributed by atoms with Gasteiger partial charge in [0.15, 0.2) is 0 Å². The second-order valence-electron chi connectivity index (χ2n) is 4.57. The summed E-state index contributed by atoms with van der Waals surface area (Å²) in [6.07, 6.45) is 0. The van der Waals surface area contributed by atoms with Gasteiger partial charge in [-0.3, -0.25) is 0 Å². The van der Waals surface area contributed by atoms with Gasteiger partial charge < -0.3 is 10.7 Å². The van der Waals surface area contributed by atoms with Crippen LogP contribution in [-0.4, -0.2) is 4.98 Å². The molecule has 0 radical (unpaired) electrons. The Morgan fingerprint density at radius 2 is 1.45 bits per heavy atom. The number of nitriles is 1. The van der Waals surface area contributed by atoms with E-state index in [0.29, 0.717) is 11.4 Å². The number of hydrogen-bond donors (Lipinski definition) is 2. The molecule has 0 fully saturated rings. The lowest BCUT2D eigenvalue weighted by atomic mass is 10.0. The second kappa shape index (κ2) is 4.94. The molecule has 0 amide bonds. The maximum absolute atomic E-state index is 8.92. The molecule has 3 aromatic rings. The van der Waals surface area contributed by atoms with E-state index in [0.717, 1.165) is 16.8 Å². The van der Waals surface area contributed by atoms with E-state index in [2.05, 4.69) is 35.3 Å². The van der Waals surface area contributed by atoms with Crippen LogP contribution in [0.2, 0.25) is 0 Å². The van der Waals surface area contributed by atoms with Gasteiger partial charge in [0.1, 0.15) is 11.9 Å². The predicted molar refractivity (Wildman–Crippen MR) is 80.8 cm³/mol. The minimum atomic E-state index is 0.412. The molecule has 3 N–H and O–H groups in total. The fraction of sp³-hybridized carbons (Fsp3) is 0. The number of nitrogens with one attached hydrogen (secondary N) is 1. The van der Waals surface area contributed by atoms with Gasteiger partial charge in [0.2, 0.25) is 0 Å². The fourth-order valence-corrected chi connectivity index (χ4v) is 2.19. The molecule has 20 heavy (non-hydrogen) atoms. The van der Waals surface area contributed by atoms with Crippen LogP contribution in [0.3, 0.4) is 0 Å². The van der Waals surface area contributed by atoms with E-state index in [9.17, 15) is 0 Å². The fourth-order valence-electron chi connectivity index (χ4n) is 2.19. The quantitative estimate of drug-likeness (QED) is 0.735. The highest BCUT2D eigenvalue weighted by molar-refractivity contribution is 5.71. The number of anilines is 1.